The zero-order valence-electron chi connectivity index (χ0n) is 10.8. The molecule has 4 fully saturated rings. The second-order valence-corrected chi connectivity index (χ2v) is 7.18. The first-order valence-electron chi connectivity index (χ1n) is 6.73. The smallest absolute Gasteiger partial charge is 0.0763 e. The van der Waals surface area contributed by atoms with Crippen molar-refractivity contribution in [3.05, 3.63) is 12.2 Å². The zero-order chi connectivity index (χ0) is 11.8. The molecule has 1 nitrogen and oxygen atoms in total. The second kappa shape index (κ2) is 2.75. The molecule has 1 unspecified atom stereocenters. The van der Waals surface area contributed by atoms with Crippen LogP contribution in [0.25, 0.3) is 0 Å². The maximum Gasteiger partial charge on any atom is 0.0763 e. The number of hydrogen-bond donors (Lipinski definition) is 1. The van der Waals surface area contributed by atoms with Crippen LogP contribution in [-0.4, -0.2) is 10.7 Å². The molecule has 16 heavy (non-hydrogen) atoms. The molecule has 0 saturated heterocycles. The zero-order valence-corrected chi connectivity index (χ0v) is 10.8. The average Bonchev–Trinajstić information content (AvgIpc) is 2.22. The van der Waals surface area contributed by atoms with Gasteiger partial charge in [-0.15, -0.1) is 0 Å². The van der Waals surface area contributed by atoms with Gasteiger partial charge < -0.3 is 5.11 Å². The van der Waals surface area contributed by atoms with E-state index in [2.05, 4.69) is 27.4 Å². The fraction of sp³-hybridized carbons (Fsp3) is 0.867. The van der Waals surface area contributed by atoms with Crippen LogP contribution in [-0.2, 0) is 0 Å². The third-order valence-electron chi connectivity index (χ3n) is 6.63. The molecule has 4 bridgehead atoms. The fourth-order valence-electron chi connectivity index (χ4n) is 5.28. The maximum atomic E-state index is 11.3. The van der Waals surface area contributed by atoms with Crippen LogP contribution in [0.3, 0.4) is 0 Å². The maximum absolute atomic E-state index is 11.3. The molecule has 0 aromatic heterocycles. The Hall–Kier alpha value is -0.300. The van der Waals surface area contributed by atoms with Crippen LogP contribution >= 0.6 is 0 Å². The van der Waals surface area contributed by atoms with E-state index in [0.717, 1.165) is 12.8 Å². The minimum absolute atomic E-state index is 0.0944. The lowest BCUT2D eigenvalue weighted by Gasteiger charge is -2.70. The van der Waals surface area contributed by atoms with Gasteiger partial charge in [-0.2, -0.15) is 0 Å². The highest BCUT2D eigenvalue weighted by Gasteiger charge is 2.69. The Balaban J connectivity index is 2.16. The summed E-state index contributed by atoms with van der Waals surface area (Å²) < 4.78 is 0. The van der Waals surface area contributed by atoms with Crippen molar-refractivity contribution in [2.24, 2.45) is 22.7 Å². The van der Waals surface area contributed by atoms with E-state index in [-0.39, 0.29) is 10.8 Å². The Kier molecular flexibility index (Phi) is 1.86. The van der Waals surface area contributed by atoms with E-state index in [1.807, 2.05) is 0 Å². The van der Waals surface area contributed by atoms with E-state index in [1.165, 1.54) is 24.8 Å². The molecule has 0 aromatic rings. The molecule has 4 rings (SSSR count). The summed E-state index contributed by atoms with van der Waals surface area (Å²) in [7, 11) is 0. The van der Waals surface area contributed by atoms with Gasteiger partial charge >= 0.3 is 0 Å². The first-order valence-corrected chi connectivity index (χ1v) is 6.73. The highest BCUT2D eigenvalue weighted by Crippen LogP contribution is 2.71. The summed E-state index contributed by atoms with van der Waals surface area (Å²) >= 11 is 0. The lowest BCUT2D eigenvalue weighted by molar-refractivity contribution is -0.269. The number of aliphatic hydroxyl groups is 1. The van der Waals surface area contributed by atoms with E-state index < -0.39 is 5.60 Å². The molecule has 1 heteroatoms. The van der Waals surface area contributed by atoms with Crippen LogP contribution in [0.15, 0.2) is 12.2 Å². The minimum Gasteiger partial charge on any atom is -0.389 e. The van der Waals surface area contributed by atoms with Crippen LogP contribution in [0, 0.1) is 22.7 Å². The third kappa shape index (κ3) is 0.895. The van der Waals surface area contributed by atoms with Crippen molar-refractivity contribution >= 4 is 0 Å². The quantitative estimate of drug-likeness (QED) is 0.619. The van der Waals surface area contributed by atoms with E-state index in [4.69, 9.17) is 0 Å². The Morgan fingerprint density at radius 1 is 1.25 bits per heavy atom. The fourth-order valence-corrected chi connectivity index (χ4v) is 5.28. The lowest BCUT2D eigenvalue weighted by atomic mass is 9.36. The van der Waals surface area contributed by atoms with Gasteiger partial charge in [-0.25, -0.2) is 0 Å². The van der Waals surface area contributed by atoms with Gasteiger partial charge in [0.15, 0.2) is 0 Å². The third-order valence-corrected chi connectivity index (χ3v) is 6.63. The number of allylic oxidation sites excluding steroid dienone is 1. The average molecular weight is 220 g/mol. The van der Waals surface area contributed by atoms with Gasteiger partial charge in [0.1, 0.15) is 0 Å². The van der Waals surface area contributed by atoms with Crippen LogP contribution in [0.1, 0.15) is 52.9 Å². The van der Waals surface area contributed by atoms with Crippen LogP contribution in [0.4, 0.5) is 0 Å². The van der Waals surface area contributed by atoms with Gasteiger partial charge in [0.05, 0.1) is 5.60 Å². The van der Waals surface area contributed by atoms with Gasteiger partial charge in [0, 0.05) is 5.41 Å². The highest BCUT2D eigenvalue weighted by atomic mass is 16.3. The molecule has 0 radical (unpaired) electrons. The summed E-state index contributed by atoms with van der Waals surface area (Å²) in [5.41, 5.74) is 1.15. The topological polar surface area (TPSA) is 20.2 Å². The molecule has 0 heterocycles. The monoisotopic (exact) mass is 220 g/mol. The van der Waals surface area contributed by atoms with Crippen molar-refractivity contribution in [2.45, 2.75) is 58.5 Å². The van der Waals surface area contributed by atoms with Gasteiger partial charge in [0.2, 0.25) is 0 Å². The first-order chi connectivity index (χ1) is 7.33. The Morgan fingerprint density at radius 3 is 2.62 bits per heavy atom. The summed E-state index contributed by atoms with van der Waals surface area (Å²) in [5.74, 6) is 1.28. The van der Waals surface area contributed by atoms with Crippen molar-refractivity contribution in [2.75, 3.05) is 0 Å². The molecule has 0 aliphatic heterocycles. The molecule has 0 amide bonds. The molecule has 0 spiro atoms. The van der Waals surface area contributed by atoms with Gasteiger partial charge in [-0.1, -0.05) is 32.9 Å². The summed E-state index contributed by atoms with van der Waals surface area (Å²) in [6.07, 6.45) is 5.73. The molecule has 4 aliphatic rings. The standard InChI is InChI=1S/C15H24O/c1-10-5-8-15(16)13(2,3)11-6-7-14(15,4)12(10)9-11/h11-12,16H,1,5-9H2,2-4H3/t11-,12?,14+,15-/m1/s1. The van der Waals surface area contributed by atoms with E-state index >= 15 is 0 Å². The van der Waals surface area contributed by atoms with Crippen molar-refractivity contribution < 1.29 is 5.11 Å². The number of fused-ring (bicyclic) bond motifs is 1. The van der Waals surface area contributed by atoms with Crippen molar-refractivity contribution in [3.8, 4) is 0 Å². The Bertz CT molecular complexity index is 356. The minimum atomic E-state index is -0.451. The molecule has 1 N–H and O–H groups in total. The first kappa shape index (κ1) is 10.8. The predicted molar refractivity (Wildman–Crippen MR) is 66.0 cm³/mol. The molecule has 90 valence electrons. The number of rotatable bonds is 0. The van der Waals surface area contributed by atoms with E-state index in [0.29, 0.717) is 11.8 Å². The van der Waals surface area contributed by atoms with E-state index in [9.17, 15) is 5.11 Å². The molecule has 4 atom stereocenters. The van der Waals surface area contributed by atoms with Crippen LogP contribution in [0.5, 0.6) is 0 Å². The van der Waals surface area contributed by atoms with Crippen molar-refractivity contribution in [1.82, 2.24) is 0 Å². The van der Waals surface area contributed by atoms with Crippen LogP contribution < -0.4 is 0 Å². The van der Waals surface area contributed by atoms with Crippen molar-refractivity contribution in [1.29, 1.82) is 0 Å². The molecular formula is C15H24O. The number of hydrogen-bond acceptors (Lipinski definition) is 1. The Morgan fingerprint density at radius 2 is 1.94 bits per heavy atom. The summed E-state index contributed by atoms with van der Waals surface area (Å²) in [6.45, 7) is 11.2. The highest BCUT2D eigenvalue weighted by molar-refractivity contribution is 5.27. The molecule has 4 aliphatic carbocycles. The molecule has 0 aromatic carbocycles. The van der Waals surface area contributed by atoms with Gasteiger partial charge in [-0.05, 0) is 49.4 Å². The largest absolute Gasteiger partial charge is 0.389 e. The summed E-state index contributed by atoms with van der Waals surface area (Å²) in [4.78, 5) is 0. The Labute approximate surface area is 98.9 Å². The van der Waals surface area contributed by atoms with Gasteiger partial charge in [0.25, 0.3) is 0 Å². The van der Waals surface area contributed by atoms with Crippen molar-refractivity contribution in [3.63, 3.8) is 0 Å². The SMILES string of the molecule is C=C1CC[C@@]2(O)C(C)(C)[C@@H]3CC[C@@]2(C)C1C3. The van der Waals surface area contributed by atoms with Gasteiger partial charge in [-0.3, -0.25) is 0 Å². The summed E-state index contributed by atoms with van der Waals surface area (Å²) in [6, 6.07) is 0. The second-order valence-electron chi connectivity index (χ2n) is 7.18. The predicted octanol–water partition coefficient (Wildman–Crippen LogP) is 3.53. The lowest BCUT2D eigenvalue weighted by Crippen LogP contribution is -2.70. The molecular weight excluding hydrogens is 196 g/mol. The normalized spacial score (nSPS) is 54.1. The van der Waals surface area contributed by atoms with E-state index in [1.54, 1.807) is 0 Å². The summed E-state index contributed by atoms with van der Waals surface area (Å²) in [5, 5.41) is 11.3. The molecule has 4 saturated carbocycles. The van der Waals surface area contributed by atoms with Crippen LogP contribution in [0.2, 0.25) is 0 Å².